The summed E-state index contributed by atoms with van der Waals surface area (Å²) < 4.78 is 5.80. The number of nitrogens with one attached hydrogen (secondary N) is 1. The van der Waals surface area contributed by atoms with Crippen LogP contribution in [-0.4, -0.2) is 46.9 Å². The van der Waals surface area contributed by atoms with Gasteiger partial charge in [0, 0.05) is 17.9 Å². The molecule has 1 aliphatic heterocycles. The predicted molar refractivity (Wildman–Crippen MR) is 139 cm³/mol. The second kappa shape index (κ2) is 12.2. The highest BCUT2D eigenvalue weighted by molar-refractivity contribution is 6.43. The minimum atomic E-state index is -1.74. The van der Waals surface area contributed by atoms with E-state index in [1.54, 1.807) is 6.07 Å². The van der Waals surface area contributed by atoms with Crippen molar-refractivity contribution < 1.29 is 24.4 Å². The van der Waals surface area contributed by atoms with Gasteiger partial charge in [-0.3, -0.25) is 4.79 Å². The molecule has 36 heavy (non-hydrogen) atoms. The summed E-state index contributed by atoms with van der Waals surface area (Å²) in [5, 5.41) is 27.5. The van der Waals surface area contributed by atoms with Gasteiger partial charge in [0.1, 0.15) is 0 Å². The van der Waals surface area contributed by atoms with Crippen LogP contribution in [0.3, 0.4) is 0 Å². The number of halogens is 1. The fraction of sp³-hybridized carbons (Fsp3) is 0.259. The molecule has 2 atom stereocenters. The maximum atomic E-state index is 13.6. The summed E-state index contributed by atoms with van der Waals surface area (Å²) >= 11 is 6.04. The zero-order valence-electron chi connectivity index (χ0n) is 19.7. The quantitative estimate of drug-likeness (QED) is 0.346. The summed E-state index contributed by atoms with van der Waals surface area (Å²) in [6.45, 7) is 0.527. The Balaban J connectivity index is 1.45. The number of hydrogen-bond acceptors (Lipinski definition) is 6. The lowest BCUT2D eigenvalue weighted by atomic mass is 9.75. The standard InChI is InChI=1S/C27H28BClN2O5/c29-23-13-7-12-22(14-23)18-35-19-24-17-27(36-31-24,16-21-10-5-2-6-11-21)26(32)30-25(28(33)34)15-20-8-3-1-4-9-20/h1-14,25,33-34H,15-19H2,(H,30,32). The van der Waals surface area contributed by atoms with Crippen molar-refractivity contribution in [3.63, 3.8) is 0 Å². The Labute approximate surface area is 215 Å². The van der Waals surface area contributed by atoms with Crippen molar-refractivity contribution in [2.24, 2.45) is 5.16 Å². The SMILES string of the molecule is O=C(NC(Cc1ccccc1)B(O)O)C1(Cc2ccccc2)CC(COCc2cccc(Cl)c2)=NO1. The smallest absolute Gasteiger partial charge is 0.426 e. The Morgan fingerprint density at radius 3 is 2.33 bits per heavy atom. The van der Waals surface area contributed by atoms with Crippen LogP contribution < -0.4 is 5.32 Å². The molecular weight excluding hydrogens is 479 g/mol. The summed E-state index contributed by atoms with van der Waals surface area (Å²) in [4.78, 5) is 19.4. The number of carbonyl (C=O) groups excluding carboxylic acids is 1. The van der Waals surface area contributed by atoms with E-state index in [2.05, 4.69) is 10.5 Å². The van der Waals surface area contributed by atoms with Gasteiger partial charge in [0.15, 0.2) is 0 Å². The summed E-state index contributed by atoms with van der Waals surface area (Å²) in [5.41, 5.74) is 1.95. The van der Waals surface area contributed by atoms with Crippen molar-refractivity contribution in [1.29, 1.82) is 0 Å². The van der Waals surface area contributed by atoms with Crippen LogP contribution >= 0.6 is 11.6 Å². The molecule has 0 aromatic heterocycles. The van der Waals surface area contributed by atoms with Gasteiger partial charge in [0.25, 0.3) is 5.91 Å². The highest BCUT2D eigenvalue weighted by Crippen LogP contribution is 2.29. The number of hydrogen-bond donors (Lipinski definition) is 3. The normalized spacial score (nSPS) is 17.7. The first-order valence-electron chi connectivity index (χ1n) is 11.7. The zero-order valence-corrected chi connectivity index (χ0v) is 20.5. The third kappa shape index (κ3) is 6.95. The predicted octanol–water partition coefficient (Wildman–Crippen LogP) is 3.35. The van der Waals surface area contributed by atoms with E-state index < -0.39 is 24.6 Å². The van der Waals surface area contributed by atoms with E-state index in [9.17, 15) is 14.8 Å². The van der Waals surface area contributed by atoms with Gasteiger partial charge in [-0.2, -0.15) is 0 Å². The molecule has 3 aromatic rings. The van der Waals surface area contributed by atoms with Crippen LogP contribution in [0.25, 0.3) is 0 Å². The minimum Gasteiger partial charge on any atom is -0.426 e. The van der Waals surface area contributed by atoms with Crippen molar-refractivity contribution in [2.75, 3.05) is 6.61 Å². The second-order valence-corrected chi connectivity index (χ2v) is 9.32. The molecule has 0 saturated heterocycles. The molecule has 0 spiro atoms. The number of amides is 1. The van der Waals surface area contributed by atoms with Crippen molar-refractivity contribution in [3.05, 3.63) is 107 Å². The molecule has 1 heterocycles. The van der Waals surface area contributed by atoms with Crippen LogP contribution in [0.2, 0.25) is 5.02 Å². The number of ether oxygens (including phenoxy) is 1. The zero-order chi connectivity index (χ0) is 25.4. The van der Waals surface area contributed by atoms with Crippen molar-refractivity contribution in [3.8, 4) is 0 Å². The fourth-order valence-electron chi connectivity index (χ4n) is 4.16. The van der Waals surface area contributed by atoms with E-state index >= 15 is 0 Å². The van der Waals surface area contributed by atoms with Crippen molar-refractivity contribution >= 4 is 30.3 Å². The van der Waals surface area contributed by atoms with Gasteiger partial charge in [0.05, 0.1) is 24.9 Å². The van der Waals surface area contributed by atoms with Gasteiger partial charge in [-0.1, -0.05) is 89.6 Å². The lowest BCUT2D eigenvalue weighted by Gasteiger charge is -2.28. The average Bonchev–Trinajstić information content (AvgIpc) is 3.29. The van der Waals surface area contributed by atoms with Crippen LogP contribution in [0.4, 0.5) is 0 Å². The Hall–Kier alpha value is -3.17. The van der Waals surface area contributed by atoms with Gasteiger partial charge >= 0.3 is 7.12 Å². The van der Waals surface area contributed by atoms with E-state index in [1.807, 2.05) is 78.9 Å². The Kier molecular flexibility index (Phi) is 8.77. The minimum absolute atomic E-state index is 0.187. The van der Waals surface area contributed by atoms with Crippen LogP contribution in [0.1, 0.15) is 23.1 Å². The molecule has 4 rings (SSSR count). The fourth-order valence-corrected chi connectivity index (χ4v) is 4.37. The van der Waals surface area contributed by atoms with E-state index in [4.69, 9.17) is 21.2 Å². The maximum Gasteiger partial charge on any atom is 0.475 e. The lowest BCUT2D eigenvalue weighted by Crippen LogP contribution is -2.56. The molecule has 7 nitrogen and oxygen atoms in total. The first-order valence-corrected chi connectivity index (χ1v) is 12.1. The summed E-state index contributed by atoms with van der Waals surface area (Å²) in [7, 11) is -1.74. The van der Waals surface area contributed by atoms with Gasteiger partial charge in [0.2, 0.25) is 5.60 Å². The number of nitrogens with zero attached hydrogens (tertiary/aromatic N) is 1. The highest BCUT2D eigenvalue weighted by Gasteiger charge is 2.48. The molecule has 1 aliphatic rings. The van der Waals surface area contributed by atoms with Gasteiger partial charge in [-0.15, -0.1) is 0 Å². The Morgan fingerprint density at radius 1 is 1.00 bits per heavy atom. The van der Waals surface area contributed by atoms with Gasteiger partial charge in [-0.05, 0) is 35.2 Å². The molecular formula is C27H28BClN2O5. The topological polar surface area (TPSA) is 100 Å². The largest absolute Gasteiger partial charge is 0.475 e. The monoisotopic (exact) mass is 506 g/mol. The van der Waals surface area contributed by atoms with Crippen molar-refractivity contribution in [2.45, 2.75) is 37.4 Å². The van der Waals surface area contributed by atoms with E-state index in [0.717, 1.165) is 16.7 Å². The Morgan fingerprint density at radius 2 is 1.67 bits per heavy atom. The first kappa shape index (κ1) is 25.9. The van der Waals surface area contributed by atoms with Crippen LogP contribution in [0.15, 0.2) is 90.1 Å². The molecule has 1 amide bonds. The molecule has 2 unspecified atom stereocenters. The highest BCUT2D eigenvalue weighted by atomic mass is 35.5. The third-order valence-corrected chi connectivity index (χ3v) is 6.22. The number of oxime groups is 1. The molecule has 3 aromatic carbocycles. The van der Waals surface area contributed by atoms with Gasteiger partial charge < -0.3 is 24.9 Å². The summed E-state index contributed by atoms with van der Waals surface area (Å²) in [6.07, 6.45) is 0.728. The number of benzene rings is 3. The maximum absolute atomic E-state index is 13.6. The molecule has 0 aliphatic carbocycles. The molecule has 0 fully saturated rings. The molecule has 0 radical (unpaired) electrons. The number of carbonyl (C=O) groups is 1. The lowest BCUT2D eigenvalue weighted by molar-refractivity contribution is -0.144. The van der Waals surface area contributed by atoms with E-state index in [0.29, 0.717) is 17.3 Å². The molecule has 3 N–H and O–H groups in total. The molecule has 0 bridgehead atoms. The molecule has 0 saturated carbocycles. The van der Waals surface area contributed by atoms with Crippen molar-refractivity contribution in [1.82, 2.24) is 5.32 Å². The Bertz CT molecular complexity index is 1180. The van der Waals surface area contributed by atoms with Crippen LogP contribution in [0, 0.1) is 0 Å². The first-order chi connectivity index (χ1) is 17.4. The van der Waals surface area contributed by atoms with E-state index in [1.165, 1.54) is 0 Å². The average molecular weight is 507 g/mol. The molecule has 9 heteroatoms. The second-order valence-electron chi connectivity index (χ2n) is 8.89. The van der Waals surface area contributed by atoms with Gasteiger partial charge in [-0.25, -0.2) is 0 Å². The third-order valence-electron chi connectivity index (χ3n) is 5.99. The summed E-state index contributed by atoms with van der Waals surface area (Å²) in [5.74, 6) is -1.38. The van der Waals surface area contributed by atoms with Crippen LogP contribution in [-0.2, 0) is 33.8 Å². The summed E-state index contributed by atoms with van der Waals surface area (Å²) in [6, 6.07) is 26.2. The molecule has 186 valence electrons. The number of rotatable bonds is 11. The van der Waals surface area contributed by atoms with Crippen LogP contribution in [0.5, 0.6) is 0 Å². The van der Waals surface area contributed by atoms with E-state index in [-0.39, 0.29) is 25.9 Å².